The maximum atomic E-state index is 12.1. The van der Waals surface area contributed by atoms with Crippen molar-refractivity contribution in [2.24, 2.45) is 0 Å². The van der Waals surface area contributed by atoms with Crippen LogP contribution in [0.2, 0.25) is 0 Å². The van der Waals surface area contributed by atoms with Crippen LogP contribution in [0.3, 0.4) is 0 Å². The average molecular weight is 380 g/mol. The van der Waals surface area contributed by atoms with Gasteiger partial charge in [-0.2, -0.15) is 0 Å². The van der Waals surface area contributed by atoms with E-state index in [1.807, 2.05) is 36.4 Å². The van der Waals surface area contributed by atoms with Gasteiger partial charge in [0.25, 0.3) is 0 Å². The van der Waals surface area contributed by atoms with Crippen LogP contribution in [-0.4, -0.2) is 19.1 Å². The van der Waals surface area contributed by atoms with Gasteiger partial charge in [-0.15, -0.1) is 0 Å². The first-order valence-electron chi connectivity index (χ1n) is 9.99. The predicted octanol–water partition coefficient (Wildman–Crippen LogP) is 5.04. The lowest BCUT2D eigenvalue weighted by Gasteiger charge is -2.21. The zero-order chi connectivity index (χ0) is 19.8. The van der Waals surface area contributed by atoms with Crippen LogP contribution < -0.4 is 14.8 Å². The highest BCUT2D eigenvalue weighted by atomic mass is 16.5. The van der Waals surface area contributed by atoms with Crippen LogP contribution in [0.1, 0.15) is 48.8 Å². The molecule has 0 saturated heterocycles. The molecule has 4 heteroatoms. The standard InChI is InChI=1S/C24H29NO3/c1-18-8-6-7-9-20(18)17-28-22-14-12-19(16-23(22)27-2)13-15-24(26)25-21-10-4-3-5-11-21/h6-9,12-16,21H,3-5,10-11,17H2,1-2H3,(H,25,26)/b15-13+. The molecule has 0 radical (unpaired) electrons. The molecule has 1 saturated carbocycles. The zero-order valence-electron chi connectivity index (χ0n) is 16.7. The summed E-state index contributed by atoms with van der Waals surface area (Å²) in [5.74, 6) is 1.31. The van der Waals surface area contributed by atoms with E-state index in [0.29, 0.717) is 24.1 Å². The molecule has 3 rings (SSSR count). The van der Waals surface area contributed by atoms with Crippen molar-refractivity contribution >= 4 is 12.0 Å². The Bertz CT molecular complexity index is 822. The molecule has 0 spiro atoms. The van der Waals surface area contributed by atoms with Gasteiger partial charge in [-0.25, -0.2) is 0 Å². The number of hydrogen-bond acceptors (Lipinski definition) is 3. The van der Waals surface area contributed by atoms with Gasteiger partial charge in [0, 0.05) is 12.1 Å². The van der Waals surface area contributed by atoms with Crippen LogP contribution >= 0.6 is 0 Å². The number of aryl methyl sites for hydroxylation is 1. The molecule has 0 bridgehead atoms. The highest BCUT2D eigenvalue weighted by Gasteiger charge is 2.14. The van der Waals surface area contributed by atoms with Crippen LogP contribution in [0.15, 0.2) is 48.5 Å². The molecule has 0 atom stereocenters. The molecule has 1 amide bonds. The molecule has 1 N–H and O–H groups in total. The number of methoxy groups -OCH3 is 1. The van der Waals surface area contributed by atoms with Gasteiger partial charge in [-0.1, -0.05) is 49.6 Å². The summed E-state index contributed by atoms with van der Waals surface area (Å²) in [5.41, 5.74) is 3.25. The van der Waals surface area contributed by atoms with Crippen molar-refractivity contribution in [1.82, 2.24) is 5.32 Å². The van der Waals surface area contributed by atoms with E-state index in [4.69, 9.17) is 9.47 Å². The Morgan fingerprint density at radius 2 is 1.89 bits per heavy atom. The van der Waals surface area contributed by atoms with Crippen molar-refractivity contribution in [3.8, 4) is 11.5 Å². The molecule has 0 aromatic heterocycles. The van der Waals surface area contributed by atoms with Gasteiger partial charge in [-0.3, -0.25) is 4.79 Å². The van der Waals surface area contributed by atoms with Crippen LogP contribution in [0.4, 0.5) is 0 Å². The molecule has 1 aliphatic carbocycles. The van der Waals surface area contributed by atoms with Gasteiger partial charge in [-0.05, 0) is 54.7 Å². The Morgan fingerprint density at radius 3 is 2.64 bits per heavy atom. The Labute approximate surface area is 167 Å². The first-order chi connectivity index (χ1) is 13.7. The third kappa shape index (κ3) is 5.62. The molecule has 1 fully saturated rings. The summed E-state index contributed by atoms with van der Waals surface area (Å²) in [6.07, 6.45) is 9.26. The molecule has 0 unspecified atom stereocenters. The van der Waals surface area contributed by atoms with E-state index in [0.717, 1.165) is 24.0 Å². The van der Waals surface area contributed by atoms with E-state index in [2.05, 4.69) is 24.4 Å². The van der Waals surface area contributed by atoms with Gasteiger partial charge in [0.15, 0.2) is 11.5 Å². The van der Waals surface area contributed by atoms with Gasteiger partial charge >= 0.3 is 0 Å². The minimum Gasteiger partial charge on any atom is -0.493 e. The smallest absolute Gasteiger partial charge is 0.244 e. The van der Waals surface area contributed by atoms with Crippen LogP contribution in [0.25, 0.3) is 6.08 Å². The third-order valence-electron chi connectivity index (χ3n) is 5.21. The minimum absolute atomic E-state index is 0.0363. The van der Waals surface area contributed by atoms with Crippen LogP contribution in [0, 0.1) is 6.92 Å². The molecule has 2 aromatic carbocycles. The van der Waals surface area contributed by atoms with E-state index in [1.165, 1.54) is 24.8 Å². The minimum atomic E-state index is -0.0363. The second-order valence-corrected chi connectivity index (χ2v) is 7.30. The summed E-state index contributed by atoms with van der Waals surface area (Å²) in [5, 5.41) is 3.09. The van der Waals surface area contributed by atoms with E-state index >= 15 is 0 Å². The lowest BCUT2D eigenvalue weighted by molar-refractivity contribution is -0.117. The summed E-state index contributed by atoms with van der Waals surface area (Å²) < 4.78 is 11.4. The fraction of sp³-hybridized carbons (Fsp3) is 0.375. The molecular formula is C24H29NO3. The van der Waals surface area contributed by atoms with Crippen molar-refractivity contribution in [3.05, 3.63) is 65.2 Å². The molecule has 28 heavy (non-hydrogen) atoms. The maximum Gasteiger partial charge on any atom is 0.244 e. The van der Waals surface area contributed by atoms with Gasteiger partial charge < -0.3 is 14.8 Å². The number of amides is 1. The lowest BCUT2D eigenvalue weighted by Crippen LogP contribution is -2.34. The van der Waals surface area contributed by atoms with Crippen molar-refractivity contribution < 1.29 is 14.3 Å². The maximum absolute atomic E-state index is 12.1. The Kier molecular flexibility index (Phi) is 7.12. The van der Waals surface area contributed by atoms with Gasteiger partial charge in [0.1, 0.15) is 6.61 Å². The summed E-state index contributed by atoms with van der Waals surface area (Å²) in [4.78, 5) is 12.1. The topological polar surface area (TPSA) is 47.6 Å². The van der Waals surface area contributed by atoms with Crippen molar-refractivity contribution in [2.45, 2.75) is 51.7 Å². The zero-order valence-corrected chi connectivity index (χ0v) is 16.7. The van der Waals surface area contributed by atoms with Crippen LogP contribution in [0.5, 0.6) is 11.5 Å². The monoisotopic (exact) mass is 379 g/mol. The van der Waals surface area contributed by atoms with E-state index in [9.17, 15) is 4.79 Å². The fourth-order valence-electron chi connectivity index (χ4n) is 3.50. The normalized spacial score (nSPS) is 14.8. The van der Waals surface area contributed by atoms with Crippen LogP contribution in [-0.2, 0) is 11.4 Å². The molecule has 0 aliphatic heterocycles. The predicted molar refractivity (Wildman–Crippen MR) is 113 cm³/mol. The molecule has 1 aliphatic rings. The number of carbonyl (C=O) groups excluding carboxylic acids is 1. The SMILES string of the molecule is COc1cc(/C=C/C(=O)NC2CCCCC2)ccc1OCc1ccccc1C. The Morgan fingerprint density at radius 1 is 1.11 bits per heavy atom. The molecule has 148 valence electrons. The number of nitrogens with one attached hydrogen (secondary N) is 1. The number of benzene rings is 2. The summed E-state index contributed by atoms with van der Waals surface area (Å²) in [7, 11) is 1.62. The van der Waals surface area contributed by atoms with Gasteiger partial charge in [0.05, 0.1) is 7.11 Å². The second-order valence-electron chi connectivity index (χ2n) is 7.30. The van der Waals surface area contributed by atoms with Gasteiger partial charge in [0.2, 0.25) is 5.91 Å². The first kappa shape index (κ1) is 20.0. The number of rotatable bonds is 7. The third-order valence-corrected chi connectivity index (χ3v) is 5.21. The number of hydrogen-bond donors (Lipinski definition) is 1. The fourth-order valence-corrected chi connectivity index (χ4v) is 3.50. The second kappa shape index (κ2) is 9.98. The number of ether oxygens (including phenoxy) is 2. The Hall–Kier alpha value is -2.75. The average Bonchev–Trinajstić information content (AvgIpc) is 2.72. The molecule has 2 aromatic rings. The molecule has 4 nitrogen and oxygen atoms in total. The van der Waals surface area contributed by atoms with Crippen molar-refractivity contribution in [1.29, 1.82) is 0 Å². The summed E-state index contributed by atoms with van der Waals surface area (Å²) in [6, 6.07) is 14.2. The number of carbonyl (C=O) groups is 1. The highest BCUT2D eigenvalue weighted by Crippen LogP contribution is 2.29. The van der Waals surface area contributed by atoms with E-state index < -0.39 is 0 Å². The quantitative estimate of drug-likeness (QED) is 0.685. The summed E-state index contributed by atoms with van der Waals surface area (Å²) >= 11 is 0. The highest BCUT2D eigenvalue weighted by molar-refractivity contribution is 5.92. The summed E-state index contributed by atoms with van der Waals surface area (Å²) in [6.45, 7) is 2.56. The molecule has 0 heterocycles. The molecular weight excluding hydrogens is 350 g/mol. The largest absolute Gasteiger partial charge is 0.493 e. The van der Waals surface area contributed by atoms with E-state index in [1.54, 1.807) is 13.2 Å². The van der Waals surface area contributed by atoms with E-state index in [-0.39, 0.29) is 5.91 Å². The lowest BCUT2D eigenvalue weighted by atomic mass is 9.95. The van der Waals surface area contributed by atoms with Crippen molar-refractivity contribution in [3.63, 3.8) is 0 Å². The van der Waals surface area contributed by atoms with Crippen molar-refractivity contribution in [2.75, 3.05) is 7.11 Å². The Balaban J connectivity index is 1.60. The first-order valence-corrected chi connectivity index (χ1v) is 9.99.